The molecule has 23 heavy (non-hydrogen) atoms. The number of nitrogens with zero attached hydrogens (tertiary/aromatic N) is 3. The Labute approximate surface area is 139 Å². The molecule has 0 atom stereocenters. The Morgan fingerprint density at radius 3 is 2.70 bits per heavy atom. The number of nitrogens with one attached hydrogen (secondary N) is 1. The van der Waals surface area contributed by atoms with Crippen molar-refractivity contribution in [2.45, 2.75) is 71.7 Å². The van der Waals surface area contributed by atoms with E-state index in [4.69, 9.17) is 4.74 Å². The maximum absolute atomic E-state index is 12.1. The number of hydrogen-bond donors (Lipinski definition) is 1. The van der Waals surface area contributed by atoms with Crippen molar-refractivity contribution in [3.63, 3.8) is 0 Å². The molecule has 0 aliphatic carbocycles. The third-order valence-electron chi connectivity index (χ3n) is 3.96. The van der Waals surface area contributed by atoms with Crippen molar-refractivity contribution in [3.05, 3.63) is 18.0 Å². The molecule has 6 heteroatoms. The number of piperidine rings is 1. The van der Waals surface area contributed by atoms with Gasteiger partial charge in [0.15, 0.2) is 0 Å². The van der Waals surface area contributed by atoms with E-state index >= 15 is 0 Å². The van der Waals surface area contributed by atoms with Crippen LogP contribution in [0.2, 0.25) is 0 Å². The summed E-state index contributed by atoms with van der Waals surface area (Å²) >= 11 is 0. The zero-order valence-corrected chi connectivity index (χ0v) is 14.8. The standard InChI is InChI=1S/C17H30N4O2/c1-5-10-21-15(6-9-19-21)13-18-14-7-11-20(12-8-14)16(22)23-17(2,3)4/h6,9,14,18H,5,7-8,10-13H2,1-4H3. The Morgan fingerprint density at radius 1 is 1.39 bits per heavy atom. The van der Waals surface area contributed by atoms with Gasteiger partial charge in [-0.25, -0.2) is 4.79 Å². The van der Waals surface area contributed by atoms with Crippen LogP contribution in [-0.4, -0.2) is 45.5 Å². The van der Waals surface area contributed by atoms with E-state index in [1.807, 2.05) is 31.9 Å². The third kappa shape index (κ3) is 5.53. The van der Waals surface area contributed by atoms with Gasteiger partial charge in [-0.15, -0.1) is 0 Å². The highest BCUT2D eigenvalue weighted by molar-refractivity contribution is 5.68. The first-order valence-electron chi connectivity index (χ1n) is 8.61. The van der Waals surface area contributed by atoms with E-state index in [2.05, 4.69) is 28.1 Å². The molecule has 0 bridgehead atoms. The van der Waals surface area contributed by atoms with E-state index in [1.165, 1.54) is 5.69 Å². The highest BCUT2D eigenvalue weighted by atomic mass is 16.6. The summed E-state index contributed by atoms with van der Waals surface area (Å²) in [5, 5.41) is 7.94. The first kappa shape index (κ1) is 17.8. The summed E-state index contributed by atoms with van der Waals surface area (Å²) in [5.41, 5.74) is 0.797. The minimum atomic E-state index is -0.427. The maximum Gasteiger partial charge on any atom is 0.410 e. The fourth-order valence-corrected chi connectivity index (χ4v) is 2.76. The molecule has 1 aliphatic heterocycles. The second-order valence-corrected chi connectivity index (χ2v) is 7.17. The Kier molecular flexibility index (Phi) is 6.04. The molecule has 1 aromatic heterocycles. The van der Waals surface area contributed by atoms with Crippen LogP contribution < -0.4 is 5.32 Å². The first-order chi connectivity index (χ1) is 10.9. The molecule has 0 radical (unpaired) electrons. The molecular weight excluding hydrogens is 292 g/mol. The van der Waals surface area contributed by atoms with Gasteiger partial charge < -0.3 is 15.0 Å². The number of carbonyl (C=O) groups excluding carboxylic acids is 1. The fourth-order valence-electron chi connectivity index (χ4n) is 2.76. The number of ether oxygens (including phenoxy) is 1. The Bertz CT molecular complexity index is 499. The van der Waals surface area contributed by atoms with E-state index in [1.54, 1.807) is 0 Å². The van der Waals surface area contributed by atoms with E-state index in [-0.39, 0.29) is 6.09 Å². The van der Waals surface area contributed by atoms with Crippen LogP contribution in [0.15, 0.2) is 12.3 Å². The average Bonchev–Trinajstić information content (AvgIpc) is 2.92. The minimum absolute atomic E-state index is 0.197. The molecule has 0 spiro atoms. The van der Waals surface area contributed by atoms with Crippen molar-refractivity contribution >= 4 is 6.09 Å². The van der Waals surface area contributed by atoms with Crippen LogP contribution in [0.3, 0.4) is 0 Å². The monoisotopic (exact) mass is 322 g/mol. The lowest BCUT2D eigenvalue weighted by atomic mass is 10.1. The van der Waals surface area contributed by atoms with Crippen LogP contribution in [0.4, 0.5) is 4.79 Å². The maximum atomic E-state index is 12.1. The van der Waals surface area contributed by atoms with Gasteiger partial charge in [0, 0.05) is 38.4 Å². The molecule has 2 rings (SSSR count). The fraction of sp³-hybridized carbons (Fsp3) is 0.765. The van der Waals surface area contributed by atoms with Crippen molar-refractivity contribution in [1.29, 1.82) is 0 Å². The van der Waals surface area contributed by atoms with Crippen LogP contribution in [0.1, 0.15) is 52.7 Å². The summed E-state index contributed by atoms with van der Waals surface area (Å²) in [6, 6.07) is 2.51. The number of aryl methyl sites for hydroxylation is 1. The normalized spacial score (nSPS) is 16.6. The molecule has 1 aliphatic rings. The smallest absolute Gasteiger partial charge is 0.410 e. The molecule has 130 valence electrons. The second kappa shape index (κ2) is 7.81. The molecule has 1 saturated heterocycles. The lowest BCUT2D eigenvalue weighted by Crippen LogP contribution is -2.46. The molecular formula is C17H30N4O2. The van der Waals surface area contributed by atoms with Crippen LogP contribution in [0, 0.1) is 0 Å². The lowest BCUT2D eigenvalue weighted by Gasteiger charge is -2.33. The Balaban J connectivity index is 1.74. The molecule has 0 saturated carbocycles. The number of amides is 1. The summed E-state index contributed by atoms with van der Waals surface area (Å²) in [7, 11) is 0. The average molecular weight is 322 g/mol. The highest BCUT2D eigenvalue weighted by Crippen LogP contribution is 2.16. The molecule has 1 N–H and O–H groups in total. The zero-order chi connectivity index (χ0) is 16.9. The van der Waals surface area contributed by atoms with Crippen LogP contribution in [0.5, 0.6) is 0 Å². The van der Waals surface area contributed by atoms with Crippen molar-refractivity contribution in [3.8, 4) is 0 Å². The minimum Gasteiger partial charge on any atom is -0.444 e. The number of rotatable bonds is 5. The van der Waals surface area contributed by atoms with E-state index in [0.29, 0.717) is 6.04 Å². The number of carbonyl (C=O) groups is 1. The summed E-state index contributed by atoms with van der Waals surface area (Å²) in [5.74, 6) is 0. The van der Waals surface area contributed by atoms with Crippen LogP contribution in [0.25, 0.3) is 0 Å². The molecule has 0 aromatic carbocycles. The predicted octanol–water partition coefficient (Wildman–Crippen LogP) is 2.78. The second-order valence-electron chi connectivity index (χ2n) is 7.17. The summed E-state index contributed by atoms with van der Waals surface area (Å²) in [6.07, 6.45) is 4.67. The zero-order valence-electron chi connectivity index (χ0n) is 14.8. The van der Waals surface area contributed by atoms with Gasteiger partial charge in [-0.1, -0.05) is 6.92 Å². The number of aromatic nitrogens is 2. The van der Waals surface area contributed by atoms with Gasteiger partial charge in [0.2, 0.25) is 0 Å². The van der Waals surface area contributed by atoms with Crippen LogP contribution in [-0.2, 0) is 17.8 Å². The quantitative estimate of drug-likeness (QED) is 0.905. The molecule has 1 amide bonds. The molecule has 2 heterocycles. The molecule has 0 unspecified atom stereocenters. The van der Waals surface area contributed by atoms with Crippen molar-refractivity contribution in [2.24, 2.45) is 0 Å². The third-order valence-corrected chi connectivity index (χ3v) is 3.96. The van der Waals surface area contributed by atoms with Crippen molar-refractivity contribution in [1.82, 2.24) is 20.0 Å². The first-order valence-corrected chi connectivity index (χ1v) is 8.61. The Hall–Kier alpha value is -1.56. The summed E-state index contributed by atoms with van der Waals surface area (Å²) in [6.45, 7) is 11.2. The van der Waals surface area contributed by atoms with Gasteiger partial charge >= 0.3 is 6.09 Å². The number of hydrogen-bond acceptors (Lipinski definition) is 4. The van der Waals surface area contributed by atoms with Gasteiger partial charge in [-0.2, -0.15) is 5.10 Å². The largest absolute Gasteiger partial charge is 0.444 e. The van der Waals surface area contributed by atoms with E-state index in [0.717, 1.165) is 45.4 Å². The van der Waals surface area contributed by atoms with Crippen molar-refractivity contribution in [2.75, 3.05) is 13.1 Å². The summed E-state index contributed by atoms with van der Waals surface area (Å²) < 4.78 is 7.49. The van der Waals surface area contributed by atoms with E-state index in [9.17, 15) is 4.79 Å². The van der Waals surface area contributed by atoms with Crippen molar-refractivity contribution < 1.29 is 9.53 Å². The van der Waals surface area contributed by atoms with E-state index < -0.39 is 5.60 Å². The highest BCUT2D eigenvalue weighted by Gasteiger charge is 2.26. The van der Waals surface area contributed by atoms with Gasteiger partial charge in [0.05, 0.1) is 5.69 Å². The van der Waals surface area contributed by atoms with Gasteiger partial charge in [0.25, 0.3) is 0 Å². The van der Waals surface area contributed by atoms with Crippen LogP contribution >= 0.6 is 0 Å². The summed E-state index contributed by atoms with van der Waals surface area (Å²) in [4.78, 5) is 13.9. The van der Waals surface area contributed by atoms with Gasteiger partial charge in [-0.05, 0) is 46.1 Å². The SMILES string of the molecule is CCCn1nccc1CNC1CCN(C(=O)OC(C)(C)C)CC1. The topological polar surface area (TPSA) is 59.4 Å². The number of likely N-dealkylation sites (tertiary alicyclic amines) is 1. The lowest BCUT2D eigenvalue weighted by molar-refractivity contribution is 0.0198. The van der Waals surface area contributed by atoms with Gasteiger partial charge in [0.1, 0.15) is 5.60 Å². The molecule has 1 fully saturated rings. The predicted molar refractivity (Wildman–Crippen MR) is 90.2 cm³/mol. The molecule has 6 nitrogen and oxygen atoms in total. The van der Waals surface area contributed by atoms with Gasteiger partial charge in [-0.3, -0.25) is 4.68 Å². The Morgan fingerprint density at radius 2 is 2.09 bits per heavy atom. The molecule has 1 aromatic rings.